The molecule has 2 amide bonds. The van der Waals surface area contributed by atoms with E-state index in [9.17, 15) is 18.0 Å². The largest absolute Gasteiger partial charge is 0.361 e. The first-order valence-electron chi connectivity index (χ1n) is 10.1. The third-order valence-corrected chi connectivity index (χ3v) is 6.94. The molecule has 2 N–H and O–H groups in total. The highest BCUT2D eigenvalue weighted by Crippen LogP contribution is 2.26. The summed E-state index contributed by atoms with van der Waals surface area (Å²) in [5.41, 5.74) is 2.91. The number of H-pyrrole nitrogens is 1. The number of nitrogens with one attached hydrogen (secondary N) is 2. The number of fused-ring (bicyclic) bond motifs is 2. The van der Waals surface area contributed by atoms with Crippen molar-refractivity contribution in [1.29, 1.82) is 0 Å². The molecule has 1 aromatic heterocycles. The lowest BCUT2D eigenvalue weighted by Gasteiger charge is -2.13. The van der Waals surface area contributed by atoms with Crippen molar-refractivity contribution in [2.24, 2.45) is 0 Å². The van der Waals surface area contributed by atoms with Crippen LogP contribution in [0.25, 0.3) is 10.9 Å². The average molecular weight is 446 g/mol. The van der Waals surface area contributed by atoms with E-state index in [0.717, 1.165) is 16.5 Å². The van der Waals surface area contributed by atoms with Gasteiger partial charge in [0.25, 0.3) is 21.8 Å². The van der Waals surface area contributed by atoms with Crippen LogP contribution in [-0.2, 0) is 16.4 Å². The predicted octanol–water partition coefficient (Wildman–Crippen LogP) is 3.81. The quantitative estimate of drug-likeness (QED) is 0.441. The minimum atomic E-state index is -3.77. The summed E-state index contributed by atoms with van der Waals surface area (Å²) < 4.78 is 28.3. The Morgan fingerprint density at radius 3 is 2.19 bits per heavy atom. The van der Waals surface area contributed by atoms with Crippen molar-refractivity contribution in [2.75, 3.05) is 11.3 Å². The van der Waals surface area contributed by atoms with Gasteiger partial charge in [0, 0.05) is 29.3 Å². The molecule has 4 aromatic rings. The SMILES string of the molecule is O=C1c2ccccc2C(=O)N1CCc1c[nH]c2ccc(S(=O)(=O)Nc3ccccc3)cc12. The van der Waals surface area contributed by atoms with E-state index in [0.29, 0.717) is 23.2 Å². The number of anilines is 1. The highest BCUT2D eigenvalue weighted by atomic mass is 32.2. The number of carbonyl (C=O) groups is 2. The molecule has 1 aliphatic heterocycles. The van der Waals surface area contributed by atoms with Crippen LogP contribution in [0.1, 0.15) is 26.3 Å². The standard InChI is InChI=1S/C24H19N3O4S/c28-23-19-8-4-5-9-20(19)24(29)27(23)13-12-16-15-25-22-11-10-18(14-21(16)22)32(30,31)26-17-6-2-1-3-7-17/h1-11,14-15,25-26H,12-13H2. The Labute approximate surface area is 184 Å². The number of benzene rings is 3. The Morgan fingerprint density at radius 2 is 1.50 bits per heavy atom. The topological polar surface area (TPSA) is 99.3 Å². The summed E-state index contributed by atoms with van der Waals surface area (Å²) in [5.74, 6) is -0.610. The van der Waals surface area contributed by atoms with Crippen LogP contribution >= 0.6 is 0 Å². The van der Waals surface area contributed by atoms with Crippen molar-refractivity contribution >= 4 is 38.4 Å². The van der Waals surface area contributed by atoms with Crippen LogP contribution in [0.2, 0.25) is 0 Å². The fourth-order valence-electron chi connectivity index (χ4n) is 3.93. The van der Waals surface area contributed by atoms with Crippen LogP contribution in [0.3, 0.4) is 0 Å². The first kappa shape index (κ1) is 20.0. The van der Waals surface area contributed by atoms with Crippen LogP contribution < -0.4 is 4.72 Å². The molecule has 160 valence electrons. The molecule has 32 heavy (non-hydrogen) atoms. The zero-order valence-corrected chi connectivity index (χ0v) is 17.7. The van der Waals surface area contributed by atoms with E-state index in [1.807, 2.05) is 6.07 Å². The van der Waals surface area contributed by atoms with E-state index < -0.39 is 10.0 Å². The number of sulfonamides is 1. The lowest BCUT2D eigenvalue weighted by Crippen LogP contribution is -2.31. The number of para-hydroxylation sites is 1. The van der Waals surface area contributed by atoms with Crippen LogP contribution in [0, 0.1) is 0 Å². The molecule has 0 saturated carbocycles. The summed E-state index contributed by atoms with van der Waals surface area (Å²) in [6, 6.07) is 20.3. The van der Waals surface area contributed by atoms with Crippen molar-refractivity contribution in [3.8, 4) is 0 Å². The number of imide groups is 1. The van der Waals surface area contributed by atoms with Gasteiger partial charge in [-0.1, -0.05) is 30.3 Å². The molecule has 0 saturated heterocycles. The van der Waals surface area contributed by atoms with E-state index in [1.165, 1.54) is 11.0 Å². The number of hydrogen-bond acceptors (Lipinski definition) is 4. The first-order chi connectivity index (χ1) is 15.4. The van der Waals surface area contributed by atoms with Crippen molar-refractivity contribution in [3.63, 3.8) is 0 Å². The predicted molar refractivity (Wildman–Crippen MR) is 121 cm³/mol. The number of aromatic nitrogens is 1. The number of carbonyl (C=O) groups excluding carboxylic acids is 2. The summed E-state index contributed by atoms with van der Waals surface area (Å²) in [4.78, 5) is 29.7. The molecular weight excluding hydrogens is 426 g/mol. The maximum atomic E-state index is 12.8. The number of aromatic amines is 1. The summed E-state index contributed by atoms with van der Waals surface area (Å²) >= 11 is 0. The fourth-order valence-corrected chi connectivity index (χ4v) is 5.01. The highest BCUT2D eigenvalue weighted by Gasteiger charge is 2.34. The highest BCUT2D eigenvalue weighted by molar-refractivity contribution is 7.92. The molecule has 0 radical (unpaired) electrons. The van der Waals surface area contributed by atoms with E-state index >= 15 is 0 Å². The van der Waals surface area contributed by atoms with Crippen LogP contribution in [0.4, 0.5) is 5.69 Å². The Balaban J connectivity index is 1.39. The zero-order valence-electron chi connectivity index (χ0n) is 16.9. The number of rotatable bonds is 6. The van der Waals surface area contributed by atoms with Gasteiger partial charge < -0.3 is 4.98 Å². The first-order valence-corrected chi connectivity index (χ1v) is 11.6. The molecule has 0 aliphatic carbocycles. The van der Waals surface area contributed by atoms with Crippen LogP contribution in [-0.4, -0.2) is 36.7 Å². The zero-order chi connectivity index (χ0) is 22.3. The maximum absolute atomic E-state index is 12.8. The van der Waals surface area contributed by atoms with Crippen LogP contribution in [0.15, 0.2) is 83.9 Å². The lowest BCUT2D eigenvalue weighted by atomic mass is 10.1. The smallest absolute Gasteiger partial charge is 0.261 e. The molecule has 0 unspecified atom stereocenters. The molecule has 0 fully saturated rings. The van der Waals surface area contributed by atoms with Crippen molar-refractivity contribution in [1.82, 2.24) is 9.88 Å². The molecule has 2 heterocycles. The Morgan fingerprint density at radius 1 is 0.844 bits per heavy atom. The van der Waals surface area contributed by atoms with E-state index in [-0.39, 0.29) is 23.3 Å². The van der Waals surface area contributed by atoms with Crippen LogP contribution in [0.5, 0.6) is 0 Å². The molecule has 5 rings (SSSR count). The summed E-state index contributed by atoms with van der Waals surface area (Å²) in [6.45, 7) is 0.207. The van der Waals surface area contributed by atoms with Gasteiger partial charge in [0.15, 0.2) is 0 Å². The second-order valence-corrected chi connectivity index (χ2v) is 9.23. The second kappa shape index (κ2) is 7.65. The summed E-state index contributed by atoms with van der Waals surface area (Å²) in [7, 11) is -3.77. The molecule has 0 spiro atoms. The number of hydrogen-bond donors (Lipinski definition) is 2. The average Bonchev–Trinajstić information content (AvgIpc) is 3.31. The van der Waals surface area contributed by atoms with Gasteiger partial charge >= 0.3 is 0 Å². The molecule has 1 aliphatic rings. The lowest BCUT2D eigenvalue weighted by molar-refractivity contribution is 0.0656. The Hall–Kier alpha value is -3.91. The minimum absolute atomic E-state index is 0.135. The minimum Gasteiger partial charge on any atom is -0.361 e. The van der Waals surface area contributed by atoms with Gasteiger partial charge in [0.05, 0.1) is 16.0 Å². The molecular formula is C24H19N3O4S. The van der Waals surface area contributed by atoms with E-state index in [2.05, 4.69) is 9.71 Å². The van der Waals surface area contributed by atoms with Gasteiger partial charge in [0.1, 0.15) is 0 Å². The van der Waals surface area contributed by atoms with Gasteiger partial charge in [-0.25, -0.2) is 8.42 Å². The van der Waals surface area contributed by atoms with Crippen molar-refractivity contribution in [3.05, 3.63) is 95.7 Å². The van der Waals surface area contributed by atoms with Crippen molar-refractivity contribution in [2.45, 2.75) is 11.3 Å². The van der Waals surface area contributed by atoms with Gasteiger partial charge in [-0.2, -0.15) is 0 Å². The van der Waals surface area contributed by atoms with E-state index in [1.54, 1.807) is 66.9 Å². The fraction of sp³-hybridized carbons (Fsp3) is 0.0833. The molecule has 3 aromatic carbocycles. The Kier molecular flexibility index (Phi) is 4.79. The summed E-state index contributed by atoms with van der Waals surface area (Å²) in [5, 5.41) is 0.734. The number of amides is 2. The molecule has 7 nitrogen and oxygen atoms in total. The molecule has 0 bridgehead atoms. The van der Waals surface area contributed by atoms with Gasteiger partial charge in [-0.15, -0.1) is 0 Å². The summed E-state index contributed by atoms with van der Waals surface area (Å²) in [6.07, 6.45) is 2.19. The molecule has 8 heteroatoms. The van der Waals surface area contributed by atoms with Gasteiger partial charge in [-0.05, 0) is 54.4 Å². The Bertz CT molecular complexity index is 1420. The number of nitrogens with zero attached hydrogens (tertiary/aromatic N) is 1. The molecule has 0 atom stereocenters. The van der Waals surface area contributed by atoms with Crippen molar-refractivity contribution < 1.29 is 18.0 Å². The maximum Gasteiger partial charge on any atom is 0.261 e. The third kappa shape index (κ3) is 3.44. The van der Waals surface area contributed by atoms with Gasteiger partial charge in [-0.3, -0.25) is 19.2 Å². The monoisotopic (exact) mass is 445 g/mol. The third-order valence-electron chi connectivity index (χ3n) is 5.56. The normalized spacial score (nSPS) is 13.6. The second-order valence-electron chi connectivity index (χ2n) is 7.55. The van der Waals surface area contributed by atoms with Gasteiger partial charge in [0.2, 0.25) is 0 Å². The van der Waals surface area contributed by atoms with E-state index in [4.69, 9.17) is 0 Å².